The summed E-state index contributed by atoms with van der Waals surface area (Å²) in [6.07, 6.45) is 0.680. The Morgan fingerprint density at radius 3 is 2.53 bits per heavy atom. The van der Waals surface area contributed by atoms with Gasteiger partial charge in [0.15, 0.2) is 0 Å². The molecule has 1 amide bonds. The van der Waals surface area contributed by atoms with Crippen LogP contribution in [0.5, 0.6) is 5.75 Å². The first-order chi connectivity index (χ1) is 14.3. The van der Waals surface area contributed by atoms with Crippen molar-refractivity contribution >= 4 is 16.9 Å². The van der Waals surface area contributed by atoms with Gasteiger partial charge >= 0.3 is 0 Å². The average Bonchev–Trinajstić information content (AvgIpc) is 3.05. The number of aromatic nitrogens is 2. The fourth-order valence-electron chi connectivity index (χ4n) is 3.45. The van der Waals surface area contributed by atoms with Crippen molar-refractivity contribution in [1.82, 2.24) is 14.9 Å². The second-order valence-corrected chi connectivity index (χ2v) is 8.97. The quantitative estimate of drug-likeness (QED) is 0.575. The van der Waals surface area contributed by atoms with E-state index in [-0.39, 0.29) is 5.91 Å². The lowest BCUT2D eigenvalue weighted by Crippen LogP contribution is -2.36. The Labute approximate surface area is 179 Å². The lowest BCUT2D eigenvalue weighted by molar-refractivity contribution is -0.128. The van der Waals surface area contributed by atoms with E-state index in [4.69, 9.17) is 9.72 Å². The van der Waals surface area contributed by atoms with Crippen LogP contribution in [0, 0.1) is 5.41 Å². The Morgan fingerprint density at radius 2 is 1.80 bits per heavy atom. The van der Waals surface area contributed by atoms with E-state index in [9.17, 15) is 4.79 Å². The SMILES string of the molecule is CC(C)c1ccccc1OCCn1c(CCNC(=O)C(C)(C)C)nc2ccccc21. The van der Waals surface area contributed by atoms with Crippen LogP contribution in [-0.4, -0.2) is 28.6 Å². The number of hydrogen-bond acceptors (Lipinski definition) is 3. The van der Waals surface area contributed by atoms with Gasteiger partial charge in [0.05, 0.1) is 17.6 Å². The Kier molecular flexibility index (Phi) is 6.80. The number of amides is 1. The van der Waals surface area contributed by atoms with Crippen molar-refractivity contribution in [1.29, 1.82) is 0 Å². The maximum absolute atomic E-state index is 12.2. The van der Waals surface area contributed by atoms with Crippen LogP contribution < -0.4 is 10.1 Å². The molecule has 0 aliphatic carbocycles. The van der Waals surface area contributed by atoms with Crippen LogP contribution in [0.4, 0.5) is 0 Å². The molecule has 0 bridgehead atoms. The molecule has 1 heterocycles. The van der Waals surface area contributed by atoms with Crippen molar-refractivity contribution < 1.29 is 9.53 Å². The molecule has 0 saturated heterocycles. The Balaban J connectivity index is 1.71. The number of rotatable bonds is 8. The summed E-state index contributed by atoms with van der Waals surface area (Å²) >= 11 is 0. The summed E-state index contributed by atoms with van der Waals surface area (Å²) in [5.41, 5.74) is 2.89. The number of imidazole rings is 1. The van der Waals surface area contributed by atoms with Crippen molar-refractivity contribution in [3.05, 3.63) is 59.9 Å². The minimum Gasteiger partial charge on any atom is -0.491 e. The normalized spacial score (nSPS) is 11.8. The van der Waals surface area contributed by atoms with Gasteiger partial charge in [0.2, 0.25) is 5.91 Å². The molecule has 2 aromatic carbocycles. The van der Waals surface area contributed by atoms with Gasteiger partial charge in [0, 0.05) is 18.4 Å². The Hall–Kier alpha value is -2.82. The molecule has 0 unspecified atom stereocenters. The Bertz CT molecular complexity index is 999. The topological polar surface area (TPSA) is 56.1 Å². The van der Waals surface area contributed by atoms with Gasteiger partial charge in [-0.25, -0.2) is 4.98 Å². The van der Waals surface area contributed by atoms with Gasteiger partial charge < -0.3 is 14.6 Å². The lowest BCUT2D eigenvalue weighted by atomic mass is 9.96. The van der Waals surface area contributed by atoms with E-state index in [0.29, 0.717) is 32.0 Å². The first kappa shape index (κ1) is 21.9. The van der Waals surface area contributed by atoms with E-state index in [1.165, 1.54) is 5.56 Å². The molecular weight excluding hydrogens is 374 g/mol. The molecule has 1 aromatic heterocycles. The van der Waals surface area contributed by atoms with Gasteiger partial charge in [-0.1, -0.05) is 65.0 Å². The highest BCUT2D eigenvalue weighted by Crippen LogP contribution is 2.26. The van der Waals surface area contributed by atoms with Crippen molar-refractivity contribution in [2.75, 3.05) is 13.2 Å². The van der Waals surface area contributed by atoms with Crippen LogP contribution in [-0.2, 0) is 17.8 Å². The summed E-state index contributed by atoms with van der Waals surface area (Å²) in [6, 6.07) is 16.4. The molecule has 0 saturated carbocycles. The third kappa shape index (κ3) is 5.21. The molecule has 5 heteroatoms. The van der Waals surface area contributed by atoms with Gasteiger partial charge in [0.1, 0.15) is 18.2 Å². The maximum Gasteiger partial charge on any atom is 0.225 e. The fourth-order valence-corrected chi connectivity index (χ4v) is 3.45. The zero-order valence-electron chi connectivity index (χ0n) is 18.7. The number of para-hydroxylation sites is 3. The molecule has 0 aliphatic heterocycles. The third-order valence-electron chi connectivity index (χ3n) is 5.16. The van der Waals surface area contributed by atoms with E-state index in [0.717, 1.165) is 22.6 Å². The van der Waals surface area contributed by atoms with Crippen LogP contribution in [0.3, 0.4) is 0 Å². The van der Waals surface area contributed by atoms with Crippen LogP contribution in [0.15, 0.2) is 48.5 Å². The molecule has 3 rings (SSSR count). The predicted molar refractivity (Wildman–Crippen MR) is 122 cm³/mol. The van der Waals surface area contributed by atoms with Crippen LogP contribution in [0.25, 0.3) is 11.0 Å². The number of carbonyl (C=O) groups excluding carboxylic acids is 1. The summed E-state index contributed by atoms with van der Waals surface area (Å²) in [5.74, 6) is 2.37. The molecule has 30 heavy (non-hydrogen) atoms. The average molecular weight is 408 g/mol. The van der Waals surface area contributed by atoms with Gasteiger partial charge in [-0.2, -0.15) is 0 Å². The largest absolute Gasteiger partial charge is 0.491 e. The zero-order valence-corrected chi connectivity index (χ0v) is 18.7. The predicted octanol–water partition coefficient (Wildman–Crippen LogP) is 4.94. The van der Waals surface area contributed by atoms with Crippen molar-refractivity contribution in [2.24, 2.45) is 5.41 Å². The smallest absolute Gasteiger partial charge is 0.225 e. The van der Waals surface area contributed by atoms with Gasteiger partial charge in [-0.3, -0.25) is 4.79 Å². The van der Waals surface area contributed by atoms with E-state index in [1.54, 1.807) is 0 Å². The van der Waals surface area contributed by atoms with Crippen molar-refractivity contribution in [2.45, 2.75) is 53.5 Å². The first-order valence-corrected chi connectivity index (χ1v) is 10.7. The maximum atomic E-state index is 12.2. The first-order valence-electron chi connectivity index (χ1n) is 10.7. The van der Waals surface area contributed by atoms with Gasteiger partial charge in [0.25, 0.3) is 0 Å². The fraction of sp³-hybridized carbons (Fsp3) is 0.440. The summed E-state index contributed by atoms with van der Waals surface area (Å²) in [7, 11) is 0. The number of nitrogens with one attached hydrogen (secondary N) is 1. The van der Waals surface area contributed by atoms with Crippen LogP contribution in [0.1, 0.15) is 51.9 Å². The van der Waals surface area contributed by atoms with Gasteiger partial charge in [-0.15, -0.1) is 0 Å². The Morgan fingerprint density at radius 1 is 1.10 bits per heavy atom. The van der Waals surface area contributed by atoms with Crippen molar-refractivity contribution in [3.8, 4) is 5.75 Å². The molecule has 0 fully saturated rings. The number of nitrogens with zero attached hydrogens (tertiary/aromatic N) is 2. The minimum atomic E-state index is -0.391. The number of fused-ring (bicyclic) bond motifs is 1. The summed E-state index contributed by atoms with van der Waals surface area (Å²) in [5, 5.41) is 3.02. The molecule has 0 radical (unpaired) electrons. The monoisotopic (exact) mass is 407 g/mol. The second kappa shape index (κ2) is 9.33. The number of carbonyl (C=O) groups is 1. The molecule has 0 aliphatic rings. The number of benzene rings is 2. The highest BCUT2D eigenvalue weighted by Gasteiger charge is 2.20. The molecule has 0 atom stereocenters. The van der Waals surface area contributed by atoms with E-state index in [2.05, 4.69) is 41.9 Å². The highest BCUT2D eigenvalue weighted by molar-refractivity contribution is 5.81. The third-order valence-corrected chi connectivity index (χ3v) is 5.16. The van der Waals surface area contributed by atoms with E-state index >= 15 is 0 Å². The zero-order chi connectivity index (χ0) is 21.7. The van der Waals surface area contributed by atoms with E-state index < -0.39 is 5.41 Å². The standard InChI is InChI=1S/C25H33N3O2/c1-18(2)19-10-6-9-13-22(19)30-17-16-28-21-12-8-7-11-20(21)27-23(28)14-15-26-24(29)25(3,4)5/h6-13,18H,14-17H2,1-5H3,(H,26,29). The second-order valence-electron chi connectivity index (χ2n) is 8.97. The highest BCUT2D eigenvalue weighted by atomic mass is 16.5. The van der Waals surface area contributed by atoms with Crippen LogP contribution in [0.2, 0.25) is 0 Å². The van der Waals surface area contributed by atoms with E-state index in [1.807, 2.05) is 51.1 Å². The summed E-state index contributed by atoms with van der Waals surface area (Å²) in [6.45, 7) is 11.9. The minimum absolute atomic E-state index is 0.0544. The van der Waals surface area contributed by atoms with Gasteiger partial charge in [-0.05, 0) is 29.7 Å². The molecule has 3 aromatic rings. The molecule has 160 valence electrons. The summed E-state index contributed by atoms with van der Waals surface area (Å²) in [4.78, 5) is 17.0. The molecular formula is C25H33N3O2. The molecule has 0 spiro atoms. The van der Waals surface area contributed by atoms with Crippen molar-refractivity contribution in [3.63, 3.8) is 0 Å². The van der Waals surface area contributed by atoms with Crippen LogP contribution >= 0.6 is 0 Å². The number of hydrogen-bond donors (Lipinski definition) is 1. The molecule has 1 N–H and O–H groups in total. The molecule has 5 nitrogen and oxygen atoms in total. The number of ether oxygens (including phenoxy) is 1. The lowest BCUT2D eigenvalue weighted by Gasteiger charge is -2.18. The summed E-state index contributed by atoms with van der Waals surface area (Å²) < 4.78 is 8.35.